The molecule has 0 N–H and O–H groups in total. The average molecular weight is 1720 g/mol. The predicted molar refractivity (Wildman–Crippen MR) is 525 cm³/mol. The number of hydrogen-bond donors (Lipinski definition) is 0. The van der Waals surface area contributed by atoms with Gasteiger partial charge in [-0.3, -0.25) is 28.8 Å². The lowest BCUT2D eigenvalue weighted by molar-refractivity contribution is 0.477. The zero-order valence-electron chi connectivity index (χ0n) is 68.1. The number of aromatic nitrogens is 5. The molecule has 0 radical (unpaired) electrons. The van der Waals surface area contributed by atoms with Gasteiger partial charge in [-0.05, 0) is 158 Å². The number of nitrogens with zero attached hydrogens (tertiary/aromatic N) is 6. The molecule has 0 saturated heterocycles. The smallest absolute Gasteiger partial charge is 0.202 e. The first-order valence-corrected chi connectivity index (χ1v) is 43.7. The van der Waals surface area contributed by atoms with E-state index in [0.717, 1.165) is 90.6 Å². The molecule has 0 aliphatic carbocycles. The highest BCUT2D eigenvalue weighted by Crippen LogP contribution is 2.52. The molecule has 27 rings (SSSR count). The summed E-state index contributed by atoms with van der Waals surface area (Å²) in [6.07, 6.45) is 0. The Morgan fingerprint density at radius 3 is 1.00 bits per heavy atom. The van der Waals surface area contributed by atoms with Crippen LogP contribution in [0.3, 0.4) is 0 Å². The second kappa shape index (κ2) is 29.6. The van der Waals surface area contributed by atoms with Crippen molar-refractivity contribution in [1.82, 2.24) is 24.1 Å². The van der Waals surface area contributed by atoms with E-state index < -0.39 is 0 Å². The minimum absolute atomic E-state index is 0.0481. The number of anilines is 3. The van der Waals surface area contributed by atoms with Crippen molar-refractivity contribution >= 4 is 211 Å². The van der Waals surface area contributed by atoms with Crippen LogP contribution in [0.4, 0.5) is 17.1 Å². The van der Waals surface area contributed by atoms with Crippen molar-refractivity contribution in [1.29, 1.82) is 0 Å². The largest absolute Gasteiger partial charge is 0.456 e. The molecule has 17 aromatic carbocycles. The maximum Gasteiger partial charge on any atom is 0.202 e. The van der Waals surface area contributed by atoms with Crippen LogP contribution in [0.2, 0.25) is 0 Å². The number of rotatable bonds is 6. The summed E-state index contributed by atoms with van der Waals surface area (Å²) < 4.78 is 39.4. The number of benzene rings is 17. The quantitative estimate of drug-likeness (QED) is 0.141. The SMILES string of the molecule is O=c1c2cc3oc4cccc(-n5c6ccccc6c6ccccc65)c4c(=O)c3cc2oc2c(-c3nc(-c4ccccc4)nc(-c4ccccc4)n3)cccc12.O=c1c2ccccc2sc2cc3c(=O)c4c(-n5c6ccccc6c6ccccc65)cccc4oc3cc12.O=c1c2ccccc2sc2cc3c(=O)c4c(N5c6ccccc6Oc6ccccc65)cccc4oc3cc12. The van der Waals surface area contributed by atoms with Gasteiger partial charge in [-0.2, -0.15) is 0 Å². The number of hydrogen-bond acceptors (Lipinski definition) is 17. The van der Waals surface area contributed by atoms with Crippen molar-refractivity contribution in [2.24, 2.45) is 0 Å². The lowest BCUT2D eigenvalue weighted by Gasteiger charge is -2.33. The van der Waals surface area contributed by atoms with Gasteiger partial charge in [0.05, 0.1) is 99.2 Å². The Hall–Kier alpha value is -17.4. The number of fused-ring (bicyclic) bond motifs is 20. The van der Waals surface area contributed by atoms with E-state index in [-0.39, 0.29) is 38.2 Å². The molecule has 0 unspecified atom stereocenters. The number of ether oxygens (including phenoxy) is 1. The maximum atomic E-state index is 14.7. The third-order valence-corrected chi connectivity index (χ3v) is 26.8. The van der Waals surface area contributed by atoms with Crippen LogP contribution in [0.5, 0.6) is 11.5 Å². The monoisotopic (exact) mass is 1720 g/mol. The van der Waals surface area contributed by atoms with Gasteiger partial charge in [-0.1, -0.05) is 206 Å². The Kier molecular flexibility index (Phi) is 17.1. The van der Waals surface area contributed by atoms with Gasteiger partial charge in [-0.15, -0.1) is 22.7 Å². The van der Waals surface area contributed by atoms with Gasteiger partial charge < -0.3 is 36.4 Å². The fraction of sp³-hybridized carbons (Fsp3) is 0. The third kappa shape index (κ3) is 11.9. The summed E-state index contributed by atoms with van der Waals surface area (Å²) in [5.74, 6) is 2.73. The molecule has 0 fully saturated rings. The first-order valence-electron chi connectivity index (χ1n) is 42.1. The zero-order chi connectivity index (χ0) is 86.7. The summed E-state index contributed by atoms with van der Waals surface area (Å²) in [4.78, 5) is 100. The van der Waals surface area contributed by atoms with Crippen molar-refractivity contribution in [2.45, 2.75) is 0 Å². The minimum atomic E-state index is -0.262. The molecule has 0 amide bonds. The molecule has 1 aliphatic rings. The topological polar surface area (TPSA) is 216 Å². The van der Waals surface area contributed by atoms with E-state index in [1.54, 1.807) is 54.6 Å². The van der Waals surface area contributed by atoms with Crippen molar-refractivity contribution < 1.29 is 22.4 Å². The molecule has 0 saturated carbocycles. The van der Waals surface area contributed by atoms with Crippen molar-refractivity contribution in [3.05, 3.63) is 425 Å². The highest BCUT2D eigenvalue weighted by molar-refractivity contribution is 7.25. The van der Waals surface area contributed by atoms with Gasteiger partial charge >= 0.3 is 0 Å². The fourth-order valence-electron chi connectivity index (χ4n) is 18.6. The Balaban J connectivity index is 0.000000108. The standard InChI is InChI=1S/C47H26N4O4.C32H17NO4S.C32H17NO3S/c52-42-31-19-11-20-32(47-49-45(27-13-3-1-4-14-27)48-46(50-47)28-15-5-2-6-16-28)44(31)55-40-26-34-39(25-33(40)42)54-38-24-12-23-37(41(38)43(34)53)51-35-21-9-7-17-29(35)30-18-8-10-22-36(30)51;34-31-18-8-1-6-15-28(18)38-29-17-19-27(16-20(29)31)37-26-14-7-11-23(30(26)32(19)35)33-21-9-2-4-12-24(21)36-25-13-5-3-10-22(25)33;34-31-20-10-3-6-15-28(20)37-29-17-21-27(16-22(29)31)36-26-14-7-13-25(30(26)32(21)35)33-23-11-4-1-8-18(23)19-9-2-5-12-24(19)33/h1-26H;1-17H;1-17H. The van der Waals surface area contributed by atoms with Crippen molar-refractivity contribution in [3.63, 3.8) is 0 Å². The van der Waals surface area contributed by atoms with E-state index in [1.165, 1.54) is 22.7 Å². The highest BCUT2D eigenvalue weighted by Gasteiger charge is 2.30. The van der Waals surface area contributed by atoms with Crippen LogP contribution in [0.15, 0.2) is 410 Å². The highest BCUT2D eigenvalue weighted by atomic mass is 32.1. The average Bonchev–Trinajstić information content (AvgIpc) is 1.45. The molecule has 26 aromatic rings. The van der Waals surface area contributed by atoms with E-state index in [4.69, 9.17) is 37.4 Å². The molecule has 1 aliphatic heterocycles. The number of para-hydroxylation sites is 9. The molecular formula is C111H60N6O11S2. The lowest BCUT2D eigenvalue weighted by Crippen LogP contribution is -2.18. The second-order valence-electron chi connectivity index (χ2n) is 31.9. The summed E-state index contributed by atoms with van der Waals surface area (Å²) in [5, 5.41) is 10.2. The summed E-state index contributed by atoms with van der Waals surface area (Å²) >= 11 is 3.01. The molecule has 10 heterocycles. The van der Waals surface area contributed by atoms with Crippen LogP contribution in [0.1, 0.15) is 0 Å². The Morgan fingerprint density at radius 1 is 0.223 bits per heavy atom. The Bertz CT molecular complexity index is 9620. The lowest BCUT2D eigenvalue weighted by atomic mass is 10.0. The van der Waals surface area contributed by atoms with Crippen LogP contribution in [-0.4, -0.2) is 24.1 Å². The zero-order valence-corrected chi connectivity index (χ0v) is 69.8. The summed E-state index contributed by atoms with van der Waals surface area (Å²) in [7, 11) is 0. The summed E-state index contributed by atoms with van der Waals surface area (Å²) in [6.45, 7) is 0. The molecule has 17 nitrogen and oxygen atoms in total. The fourth-order valence-corrected chi connectivity index (χ4v) is 20.8. The van der Waals surface area contributed by atoms with Crippen molar-refractivity contribution in [2.75, 3.05) is 4.90 Å². The van der Waals surface area contributed by atoms with Crippen LogP contribution in [0, 0.1) is 0 Å². The van der Waals surface area contributed by atoms with Crippen molar-refractivity contribution in [3.8, 4) is 57.0 Å². The molecule has 19 heteroatoms. The van der Waals surface area contributed by atoms with Crippen LogP contribution in [0.25, 0.3) is 217 Å². The van der Waals surface area contributed by atoms with E-state index in [1.807, 2.05) is 266 Å². The summed E-state index contributed by atoms with van der Waals surface area (Å²) in [6, 6.07) is 115. The molecule has 130 heavy (non-hydrogen) atoms. The summed E-state index contributed by atoms with van der Waals surface area (Å²) in [5.41, 5.74) is 12.2. The van der Waals surface area contributed by atoms with Gasteiger partial charge in [0.1, 0.15) is 44.7 Å². The molecule has 0 atom stereocenters. The normalized spacial score (nSPS) is 12.1. The van der Waals surface area contributed by atoms with Gasteiger partial charge in [0.25, 0.3) is 0 Å². The maximum absolute atomic E-state index is 14.7. The molecule has 0 spiro atoms. The van der Waals surface area contributed by atoms with E-state index in [9.17, 15) is 28.8 Å². The first-order chi connectivity index (χ1) is 64.0. The second-order valence-corrected chi connectivity index (χ2v) is 34.1. The Labute approximate surface area is 740 Å². The van der Waals surface area contributed by atoms with Gasteiger partial charge in [0.2, 0.25) is 21.7 Å². The van der Waals surface area contributed by atoms with Crippen LogP contribution < -0.4 is 42.2 Å². The van der Waals surface area contributed by atoms with Gasteiger partial charge in [0.15, 0.2) is 39.8 Å². The van der Waals surface area contributed by atoms with Gasteiger partial charge in [-0.25, -0.2) is 15.0 Å². The van der Waals surface area contributed by atoms with E-state index >= 15 is 0 Å². The first kappa shape index (κ1) is 75.2. The Morgan fingerprint density at radius 2 is 0.546 bits per heavy atom. The molecule has 9 aromatic heterocycles. The molecule has 612 valence electrons. The van der Waals surface area contributed by atoms with E-state index in [0.29, 0.717) is 150 Å². The molecule has 0 bridgehead atoms. The predicted octanol–water partition coefficient (Wildman–Crippen LogP) is 26.5. The van der Waals surface area contributed by atoms with Crippen LogP contribution in [-0.2, 0) is 0 Å². The van der Waals surface area contributed by atoms with Gasteiger partial charge in [0, 0.05) is 73.0 Å². The van der Waals surface area contributed by atoms with Crippen LogP contribution >= 0.6 is 22.7 Å². The third-order valence-electron chi connectivity index (χ3n) is 24.5. The minimum Gasteiger partial charge on any atom is -0.456 e. The molecular weight excluding hydrogens is 1660 g/mol. The van der Waals surface area contributed by atoms with E-state index in [2.05, 4.69) is 57.7 Å².